The number of hydrogen-bond donors (Lipinski definition) is 1. The summed E-state index contributed by atoms with van der Waals surface area (Å²) in [4.78, 5) is 0. The first-order valence-corrected chi connectivity index (χ1v) is 6.96. The Labute approximate surface area is 106 Å². The average molecular weight is 288 g/mol. The molecule has 0 fully saturated rings. The van der Waals surface area contributed by atoms with Gasteiger partial charge in [-0.1, -0.05) is 0 Å². The minimum atomic E-state index is 0.0346. The number of fused-ring (bicyclic) bond motifs is 1. The molecule has 0 aliphatic rings. The van der Waals surface area contributed by atoms with Crippen LogP contribution in [0.5, 0.6) is 0 Å². The Morgan fingerprint density at radius 1 is 0.941 bits per heavy atom. The van der Waals surface area contributed by atoms with Crippen molar-refractivity contribution in [2.75, 3.05) is 5.32 Å². The van der Waals surface area contributed by atoms with E-state index in [1.807, 2.05) is 18.2 Å². The molecule has 4 heteroatoms. The Kier molecular flexibility index (Phi) is 2.90. The molecular formula is C13H11N3Se. The van der Waals surface area contributed by atoms with E-state index in [9.17, 15) is 0 Å². The van der Waals surface area contributed by atoms with E-state index in [-0.39, 0.29) is 15.0 Å². The summed E-state index contributed by atoms with van der Waals surface area (Å²) in [7, 11) is 0. The second-order valence-electron chi connectivity index (χ2n) is 3.78. The van der Waals surface area contributed by atoms with Gasteiger partial charge in [0.25, 0.3) is 0 Å². The molecule has 0 saturated carbocycles. The first kappa shape index (κ1) is 10.5. The van der Waals surface area contributed by atoms with Gasteiger partial charge in [-0.05, 0) is 0 Å². The van der Waals surface area contributed by atoms with Crippen LogP contribution in [-0.2, 0) is 6.54 Å². The summed E-state index contributed by atoms with van der Waals surface area (Å²) in [5.74, 6) is 0. The first-order chi connectivity index (χ1) is 8.43. The summed E-state index contributed by atoms with van der Waals surface area (Å²) < 4.78 is 8.82. The fraction of sp³-hybridized carbons (Fsp3) is 0.0769. The van der Waals surface area contributed by atoms with Crippen LogP contribution in [0.4, 0.5) is 5.69 Å². The van der Waals surface area contributed by atoms with Gasteiger partial charge in [0.05, 0.1) is 0 Å². The molecule has 0 unspecified atom stereocenters. The van der Waals surface area contributed by atoms with Gasteiger partial charge in [-0.25, -0.2) is 0 Å². The Balaban J connectivity index is 1.84. The molecule has 0 amide bonds. The summed E-state index contributed by atoms with van der Waals surface area (Å²) >= 11 is 0.0346. The molecule has 3 aromatic rings. The molecule has 3 nitrogen and oxygen atoms in total. The number of nitrogens with one attached hydrogen (secondary N) is 1. The number of aromatic nitrogens is 2. The number of rotatable bonds is 3. The Hall–Kier alpha value is -1.64. The van der Waals surface area contributed by atoms with E-state index in [2.05, 4.69) is 43.6 Å². The molecule has 1 N–H and O–H groups in total. The summed E-state index contributed by atoms with van der Waals surface area (Å²) in [6.07, 6.45) is 0. The maximum absolute atomic E-state index is 4.44. The summed E-state index contributed by atoms with van der Waals surface area (Å²) in [5, 5.41) is 3.42. The van der Waals surface area contributed by atoms with Crippen LogP contribution < -0.4 is 5.32 Å². The third-order valence-corrected chi connectivity index (χ3v) is 3.75. The van der Waals surface area contributed by atoms with Crippen molar-refractivity contribution in [1.29, 1.82) is 0 Å². The monoisotopic (exact) mass is 289 g/mol. The average Bonchev–Trinajstić information content (AvgIpc) is 2.86. The molecule has 0 atom stereocenters. The predicted octanol–water partition coefficient (Wildman–Crippen LogP) is 2.30. The zero-order chi connectivity index (χ0) is 11.5. The fourth-order valence-corrected chi connectivity index (χ4v) is 2.90. The van der Waals surface area contributed by atoms with Crippen molar-refractivity contribution >= 4 is 31.7 Å². The minimum absolute atomic E-state index is 0.0346. The third-order valence-electron chi connectivity index (χ3n) is 2.61. The number of nitrogens with zero attached hydrogens (tertiary/aromatic N) is 2. The molecule has 0 aliphatic heterocycles. The molecule has 0 spiro atoms. The second-order valence-corrected chi connectivity index (χ2v) is 4.89. The van der Waals surface area contributed by atoms with E-state index in [1.54, 1.807) is 0 Å². The van der Waals surface area contributed by atoms with E-state index in [0.717, 1.165) is 23.3 Å². The van der Waals surface area contributed by atoms with E-state index in [4.69, 9.17) is 0 Å². The fourth-order valence-electron chi connectivity index (χ4n) is 1.74. The SMILES string of the molecule is c1ccc(CNc2cccc3n[se]nc23)cc1. The number of benzene rings is 2. The van der Waals surface area contributed by atoms with Gasteiger partial charge in [0.1, 0.15) is 0 Å². The van der Waals surface area contributed by atoms with Gasteiger partial charge >= 0.3 is 106 Å². The van der Waals surface area contributed by atoms with Crippen LogP contribution in [-0.4, -0.2) is 22.9 Å². The summed E-state index contributed by atoms with van der Waals surface area (Å²) in [5.41, 5.74) is 4.38. The van der Waals surface area contributed by atoms with Crippen molar-refractivity contribution < 1.29 is 0 Å². The zero-order valence-electron chi connectivity index (χ0n) is 9.13. The molecule has 1 heterocycles. The van der Waals surface area contributed by atoms with Crippen LogP contribution >= 0.6 is 0 Å². The number of anilines is 1. The van der Waals surface area contributed by atoms with Crippen LogP contribution in [0.3, 0.4) is 0 Å². The van der Waals surface area contributed by atoms with Crippen LogP contribution in [0.15, 0.2) is 48.5 Å². The Bertz CT molecular complexity index is 619. The molecule has 0 aliphatic carbocycles. The Morgan fingerprint density at radius 2 is 1.82 bits per heavy atom. The van der Waals surface area contributed by atoms with Crippen LogP contribution in [0.1, 0.15) is 5.56 Å². The molecule has 3 rings (SSSR count). The molecule has 0 saturated heterocycles. The van der Waals surface area contributed by atoms with Crippen LogP contribution in [0.2, 0.25) is 0 Å². The predicted molar refractivity (Wildman–Crippen MR) is 70.2 cm³/mol. The second kappa shape index (κ2) is 4.70. The topological polar surface area (TPSA) is 37.8 Å². The third kappa shape index (κ3) is 2.23. The molecule has 0 bridgehead atoms. The van der Waals surface area contributed by atoms with E-state index in [0.29, 0.717) is 0 Å². The molecule has 84 valence electrons. The standard InChI is InChI=1S/C13H11N3Se/c1-2-5-10(6-3-1)9-14-11-7-4-8-12-13(11)16-17-15-12/h1-8,14H,9H2. The van der Waals surface area contributed by atoms with Gasteiger partial charge in [-0.3, -0.25) is 0 Å². The molecule has 17 heavy (non-hydrogen) atoms. The van der Waals surface area contributed by atoms with Crippen molar-refractivity contribution in [3.8, 4) is 0 Å². The van der Waals surface area contributed by atoms with Crippen molar-refractivity contribution in [3.63, 3.8) is 0 Å². The van der Waals surface area contributed by atoms with Crippen molar-refractivity contribution in [1.82, 2.24) is 7.96 Å². The number of hydrogen-bond acceptors (Lipinski definition) is 3. The zero-order valence-corrected chi connectivity index (χ0v) is 10.8. The molecule has 2 aromatic carbocycles. The van der Waals surface area contributed by atoms with Gasteiger partial charge < -0.3 is 0 Å². The van der Waals surface area contributed by atoms with Crippen LogP contribution in [0, 0.1) is 0 Å². The van der Waals surface area contributed by atoms with Gasteiger partial charge in [0.15, 0.2) is 0 Å². The molecular weight excluding hydrogens is 277 g/mol. The van der Waals surface area contributed by atoms with E-state index in [1.165, 1.54) is 5.56 Å². The van der Waals surface area contributed by atoms with Gasteiger partial charge in [0.2, 0.25) is 0 Å². The van der Waals surface area contributed by atoms with Crippen molar-refractivity contribution in [2.24, 2.45) is 0 Å². The van der Waals surface area contributed by atoms with Gasteiger partial charge in [-0.15, -0.1) is 0 Å². The molecule has 0 radical (unpaired) electrons. The van der Waals surface area contributed by atoms with Crippen LogP contribution in [0.25, 0.3) is 11.0 Å². The van der Waals surface area contributed by atoms with Crippen molar-refractivity contribution in [3.05, 3.63) is 54.1 Å². The molecule has 1 aromatic heterocycles. The van der Waals surface area contributed by atoms with Gasteiger partial charge in [0, 0.05) is 0 Å². The van der Waals surface area contributed by atoms with E-state index >= 15 is 0 Å². The Morgan fingerprint density at radius 3 is 2.71 bits per heavy atom. The first-order valence-electron chi connectivity index (χ1n) is 5.42. The van der Waals surface area contributed by atoms with E-state index < -0.39 is 0 Å². The van der Waals surface area contributed by atoms with Crippen molar-refractivity contribution in [2.45, 2.75) is 6.54 Å². The normalized spacial score (nSPS) is 10.6. The van der Waals surface area contributed by atoms with Gasteiger partial charge in [-0.2, -0.15) is 0 Å². The maximum atomic E-state index is 4.44. The quantitative estimate of drug-likeness (QED) is 0.751. The summed E-state index contributed by atoms with van der Waals surface area (Å²) in [6, 6.07) is 16.4. The summed E-state index contributed by atoms with van der Waals surface area (Å²) in [6.45, 7) is 0.819.